The second kappa shape index (κ2) is 7.43. The molecule has 0 bridgehead atoms. The zero-order chi connectivity index (χ0) is 13.5. The van der Waals surface area contributed by atoms with Crippen molar-refractivity contribution in [2.45, 2.75) is 38.5 Å². The zero-order valence-corrected chi connectivity index (χ0v) is 12.0. The highest BCUT2D eigenvalue weighted by atomic mass is 32.2. The lowest BCUT2D eigenvalue weighted by atomic mass is 9.76. The Bertz CT molecular complexity index is 323. The van der Waals surface area contributed by atoms with Crippen LogP contribution in [-0.4, -0.2) is 41.1 Å². The van der Waals surface area contributed by atoms with E-state index >= 15 is 0 Å². The largest absolute Gasteiger partial charge is 0.385 e. The zero-order valence-electron chi connectivity index (χ0n) is 11.2. The van der Waals surface area contributed by atoms with Crippen LogP contribution in [0.1, 0.15) is 38.5 Å². The van der Waals surface area contributed by atoms with Crippen LogP contribution in [0.4, 0.5) is 0 Å². The van der Waals surface area contributed by atoms with Gasteiger partial charge in [0.05, 0.1) is 12.4 Å². The number of hydrogen-bond acceptors (Lipinski definition) is 4. The molecule has 0 spiro atoms. The molecule has 108 valence electrons. The molecule has 2 N–H and O–H groups in total. The van der Waals surface area contributed by atoms with Crippen LogP contribution in [0.15, 0.2) is 0 Å². The third-order valence-electron chi connectivity index (χ3n) is 3.47. The van der Waals surface area contributed by atoms with Crippen molar-refractivity contribution in [2.75, 3.05) is 32.7 Å². The van der Waals surface area contributed by atoms with Crippen LogP contribution in [0.3, 0.4) is 0 Å². The van der Waals surface area contributed by atoms with E-state index in [1.54, 1.807) is 7.11 Å². The SMILES string of the molecule is COCCCOCC1(CS(N)(=O)=O)CCCCC1. The molecule has 0 atom stereocenters. The summed E-state index contributed by atoms with van der Waals surface area (Å²) in [5.74, 6) is 0.0459. The fraction of sp³-hybridized carbons (Fsp3) is 1.00. The quantitative estimate of drug-likeness (QED) is 0.679. The minimum absolute atomic E-state index is 0.0459. The Balaban J connectivity index is 2.45. The summed E-state index contributed by atoms with van der Waals surface area (Å²) in [6.45, 7) is 1.77. The summed E-state index contributed by atoms with van der Waals surface area (Å²) >= 11 is 0. The van der Waals surface area contributed by atoms with E-state index in [-0.39, 0.29) is 11.2 Å². The van der Waals surface area contributed by atoms with Crippen molar-refractivity contribution in [3.63, 3.8) is 0 Å². The van der Waals surface area contributed by atoms with Crippen molar-refractivity contribution < 1.29 is 17.9 Å². The Morgan fingerprint density at radius 1 is 1.17 bits per heavy atom. The Morgan fingerprint density at radius 3 is 2.39 bits per heavy atom. The molecular formula is C12H25NO4S. The standard InChI is InChI=1S/C12H25NO4S/c1-16-8-5-9-17-10-12(11-18(13,14)15)6-3-2-4-7-12/h2-11H2,1H3,(H2,13,14,15). The summed E-state index contributed by atoms with van der Waals surface area (Å²) < 4.78 is 33.3. The fourth-order valence-electron chi connectivity index (χ4n) is 2.65. The van der Waals surface area contributed by atoms with Crippen LogP contribution in [0.2, 0.25) is 0 Å². The summed E-state index contributed by atoms with van der Waals surface area (Å²) in [5.41, 5.74) is -0.265. The van der Waals surface area contributed by atoms with Gasteiger partial charge in [0.1, 0.15) is 0 Å². The van der Waals surface area contributed by atoms with Crippen LogP contribution in [0.5, 0.6) is 0 Å². The third-order valence-corrected chi connectivity index (χ3v) is 4.48. The van der Waals surface area contributed by atoms with E-state index < -0.39 is 10.0 Å². The maximum absolute atomic E-state index is 11.3. The van der Waals surface area contributed by atoms with Crippen molar-refractivity contribution in [1.29, 1.82) is 0 Å². The first-order valence-corrected chi connectivity index (χ1v) is 8.26. The summed E-state index contributed by atoms with van der Waals surface area (Å²) in [6, 6.07) is 0. The number of hydrogen-bond donors (Lipinski definition) is 1. The van der Waals surface area contributed by atoms with Gasteiger partial charge in [-0.3, -0.25) is 0 Å². The van der Waals surface area contributed by atoms with Gasteiger partial charge in [-0.25, -0.2) is 13.6 Å². The summed E-state index contributed by atoms with van der Waals surface area (Å²) in [6.07, 6.45) is 5.94. The van der Waals surface area contributed by atoms with E-state index in [4.69, 9.17) is 14.6 Å². The first-order valence-electron chi connectivity index (χ1n) is 6.55. The normalized spacial score (nSPS) is 19.9. The summed E-state index contributed by atoms with van der Waals surface area (Å²) in [5, 5.41) is 5.20. The van der Waals surface area contributed by atoms with Crippen LogP contribution in [0.25, 0.3) is 0 Å². The van der Waals surface area contributed by atoms with Crippen molar-refractivity contribution >= 4 is 10.0 Å². The highest BCUT2D eigenvalue weighted by molar-refractivity contribution is 7.89. The topological polar surface area (TPSA) is 78.6 Å². The van der Waals surface area contributed by atoms with E-state index in [1.807, 2.05) is 0 Å². The molecule has 6 heteroatoms. The Labute approximate surface area is 110 Å². The molecule has 1 aliphatic carbocycles. The summed E-state index contributed by atoms with van der Waals surface area (Å²) in [7, 11) is -1.78. The maximum atomic E-state index is 11.3. The smallest absolute Gasteiger partial charge is 0.209 e. The monoisotopic (exact) mass is 279 g/mol. The van der Waals surface area contributed by atoms with Gasteiger partial charge in [-0.05, 0) is 19.3 Å². The molecule has 18 heavy (non-hydrogen) atoms. The van der Waals surface area contributed by atoms with Gasteiger partial charge in [0.2, 0.25) is 10.0 Å². The predicted octanol–water partition coefficient (Wildman–Crippen LogP) is 1.28. The minimum atomic E-state index is -3.43. The van der Waals surface area contributed by atoms with E-state index in [0.717, 1.165) is 32.1 Å². The number of methoxy groups -OCH3 is 1. The molecule has 1 fully saturated rings. The number of ether oxygens (including phenoxy) is 2. The average Bonchev–Trinajstić information content (AvgIpc) is 2.27. The molecule has 0 aliphatic heterocycles. The molecule has 0 radical (unpaired) electrons. The van der Waals surface area contributed by atoms with Gasteiger partial charge in [-0.15, -0.1) is 0 Å². The third kappa shape index (κ3) is 6.13. The van der Waals surface area contributed by atoms with E-state index in [0.29, 0.717) is 19.8 Å². The second-order valence-corrected chi connectivity index (χ2v) is 6.88. The molecule has 0 heterocycles. The highest BCUT2D eigenvalue weighted by Crippen LogP contribution is 2.37. The van der Waals surface area contributed by atoms with Crippen LogP contribution in [0, 0.1) is 5.41 Å². The Morgan fingerprint density at radius 2 is 1.83 bits per heavy atom. The van der Waals surface area contributed by atoms with E-state index in [9.17, 15) is 8.42 Å². The highest BCUT2D eigenvalue weighted by Gasteiger charge is 2.35. The van der Waals surface area contributed by atoms with Crippen molar-refractivity contribution in [3.8, 4) is 0 Å². The number of sulfonamides is 1. The van der Waals surface area contributed by atoms with Gasteiger partial charge in [0.15, 0.2) is 0 Å². The number of rotatable bonds is 8. The van der Waals surface area contributed by atoms with E-state index in [2.05, 4.69) is 0 Å². The minimum Gasteiger partial charge on any atom is -0.385 e. The van der Waals surface area contributed by atoms with Gasteiger partial charge in [0.25, 0.3) is 0 Å². The average molecular weight is 279 g/mol. The molecule has 0 aromatic carbocycles. The molecule has 1 aliphatic rings. The molecule has 0 aromatic heterocycles. The molecule has 0 unspecified atom stereocenters. The second-order valence-electron chi connectivity index (χ2n) is 5.27. The molecule has 0 amide bonds. The van der Waals surface area contributed by atoms with Gasteiger partial charge < -0.3 is 9.47 Å². The van der Waals surface area contributed by atoms with Gasteiger partial charge in [0, 0.05) is 25.7 Å². The van der Waals surface area contributed by atoms with Crippen LogP contribution in [-0.2, 0) is 19.5 Å². The molecule has 1 rings (SSSR count). The van der Waals surface area contributed by atoms with Crippen molar-refractivity contribution in [2.24, 2.45) is 10.6 Å². The Hall–Kier alpha value is -0.170. The lowest BCUT2D eigenvalue weighted by Crippen LogP contribution is -2.39. The van der Waals surface area contributed by atoms with Crippen LogP contribution < -0.4 is 5.14 Å². The predicted molar refractivity (Wildman–Crippen MR) is 70.8 cm³/mol. The maximum Gasteiger partial charge on any atom is 0.209 e. The fourth-order valence-corrected chi connectivity index (χ4v) is 3.88. The van der Waals surface area contributed by atoms with Gasteiger partial charge in [-0.2, -0.15) is 0 Å². The first kappa shape index (κ1) is 15.9. The molecular weight excluding hydrogens is 254 g/mol. The number of nitrogens with two attached hydrogens (primary N) is 1. The molecule has 1 saturated carbocycles. The first-order chi connectivity index (χ1) is 8.47. The van der Waals surface area contributed by atoms with Crippen molar-refractivity contribution in [3.05, 3.63) is 0 Å². The van der Waals surface area contributed by atoms with Crippen LogP contribution >= 0.6 is 0 Å². The lowest BCUT2D eigenvalue weighted by Gasteiger charge is -2.36. The van der Waals surface area contributed by atoms with Gasteiger partial charge >= 0.3 is 0 Å². The molecule has 0 saturated heterocycles. The van der Waals surface area contributed by atoms with E-state index in [1.165, 1.54) is 6.42 Å². The Kier molecular flexibility index (Phi) is 6.55. The molecule has 0 aromatic rings. The summed E-state index contributed by atoms with van der Waals surface area (Å²) in [4.78, 5) is 0. The number of primary sulfonamides is 1. The van der Waals surface area contributed by atoms with Gasteiger partial charge in [-0.1, -0.05) is 19.3 Å². The lowest BCUT2D eigenvalue weighted by molar-refractivity contribution is 0.0245. The van der Waals surface area contributed by atoms with Crippen molar-refractivity contribution in [1.82, 2.24) is 0 Å². The molecule has 5 nitrogen and oxygen atoms in total.